The molecule has 0 aromatic heterocycles. The number of methoxy groups -OCH3 is 1. The van der Waals surface area contributed by atoms with Crippen LogP contribution in [-0.2, 0) is 14.3 Å². The molecule has 0 aromatic carbocycles. The Bertz CT molecular complexity index is 294. The third-order valence-corrected chi connectivity index (χ3v) is 3.33. The number of carbonyl (C=O) groups excluding carboxylic acids is 2. The third-order valence-electron chi connectivity index (χ3n) is 3.33. The fourth-order valence-electron chi connectivity index (χ4n) is 2.37. The van der Waals surface area contributed by atoms with Crippen molar-refractivity contribution in [3.8, 4) is 0 Å². The van der Waals surface area contributed by atoms with Gasteiger partial charge in [-0.1, -0.05) is 6.92 Å². The number of rotatable bonds is 5. The van der Waals surface area contributed by atoms with Gasteiger partial charge in [0.25, 0.3) is 0 Å². The Kier molecular flexibility index (Phi) is 6.12. The highest BCUT2D eigenvalue weighted by molar-refractivity contribution is 5.83. The van der Waals surface area contributed by atoms with Crippen LogP contribution in [-0.4, -0.2) is 49.6 Å². The molecule has 1 fully saturated rings. The van der Waals surface area contributed by atoms with E-state index < -0.39 is 0 Å². The van der Waals surface area contributed by atoms with E-state index in [9.17, 15) is 9.59 Å². The summed E-state index contributed by atoms with van der Waals surface area (Å²) in [6.45, 7) is 5.65. The minimum Gasteiger partial charge on any atom is -0.468 e. The Balaban J connectivity index is 2.60. The Morgan fingerprint density at radius 2 is 2.17 bits per heavy atom. The molecule has 1 aliphatic heterocycles. The summed E-state index contributed by atoms with van der Waals surface area (Å²) >= 11 is 0. The van der Waals surface area contributed by atoms with Gasteiger partial charge in [0, 0.05) is 18.5 Å². The van der Waals surface area contributed by atoms with Gasteiger partial charge < -0.3 is 15.0 Å². The van der Waals surface area contributed by atoms with Gasteiger partial charge >= 0.3 is 5.97 Å². The van der Waals surface area contributed by atoms with Crippen LogP contribution in [0.3, 0.4) is 0 Å². The topological polar surface area (TPSA) is 58.6 Å². The molecule has 2 atom stereocenters. The molecule has 0 bridgehead atoms. The molecule has 104 valence electrons. The van der Waals surface area contributed by atoms with Crippen LogP contribution in [0.2, 0.25) is 0 Å². The number of esters is 1. The van der Waals surface area contributed by atoms with Crippen molar-refractivity contribution >= 4 is 11.9 Å². The molecule has 1 rings (SSSR count). The Morgan fingerprint density at radius 1 is 1.44 bits per heavy atom. The molecule has 1 amide bonds. The van der Waals surface area contributed by atoms with E-state index in [0.29, 0.717) is 12.6 Å². The highest BCUT2D eigenvalue weighted by Gasteiger charge is 2.29. The molecule has 1 saturated heterocycles. The fourth-order valence-corrected chi connectivity index (χ4v) is 2.37. The van der Waals surface area contributed by atoms with E-state index in [-0.39, 0.29) is 24.3 Å². The molecule has 2 unspecified atom stereocenters. The zero-order valence-corrected chi connectivity index (χ0v) is 11.6. The standard InChI is InChI=1S/C13H24N2O3/c1-4-7-15(9-12(16)18-3)13(17)11-5-6-14-10(2)8-11/h10-11,14H,4-9H2,1-3H3. The van der Waals surface area contributed by atoms with Crippen LogP contribution in [0, 0.1) is 5.92 Å². The average molecular weight is 256 g/mol. The van der Waals surface area contributed by atoms with Crippen LogP contribution in [0.1, 0.15) is 33.1 Å². The van der Waals surface area contributed by atoms with Crippen LogP contribution >= 0.6 is 0 Å². The summed E-state index contributed by atoms with van der Waals surface area (Å²) in [7, 11) is 1.35. The van der Waals surface area contributed by atoms with E-state index in [4.69, 9.17) is 0 Å². The van der Waals surface area contributed by atoms with Gasteiger partial charge in [-0.3, -0.25) is 9.59 Å². The maximum absolute atomic E-state index is 12.4. The van der Waals surface area contributed by atoms with Crippen LogP contribution in [0.5, 0.6) is 0 Å². The SMILES string of the molecule is CCCN(CC(=O)OC)C(=O)C1CCNC(C)C1. The summed E-state index contributed by atoms with van der Waals surface area (Å²) in [5.41, 5.74) is 0. The van der Waals surface area contributed by atoms with Crippen molar-refractivity contribution in [1.82, 2.24) is 10.2 Å². The molecule has 1 aliphatic rings. The van der Waals surface area contributed by atoms with E-state index in [1.165, 1.54) is 7.11 Å². The van der Waals surface area contributed by atoms with Gasteiger partial charge in [0.15, 0.2) is 0 Å². The summed E-state index contributed by atoms with van der Waals surface area (Å²) in [5, 5.41) is 3.33. The molecule has 0 radical (unpaired) electrons. The molecular weight excluding hydrogens is 232 g/mol. The predicted octanol–water partition coefficient (Wildman–Crippen LogP) is 0.786. The summed E-state index contributed by atoms with van der Waals surface area (Å²) in [6.07, 6.45) is 2.55. The van der Waals surface area contributed by atoms with E-state index in [1.54, 1.807) is 4.90 Å². The fraction of sp³-hybridized carbons (Fsp3) is 0.846. The van der Waals surface area contributed by atoms with E-state index in [0.717, 1.165) is 25.8 Å². The maximum Gasteiger partial charge on any atom is 0.325 e. The number of carbonyl (C=O) groups is 2. The zero-order valence-electron chi connectivity index (χ0n) is 11.6. The summed E-state index contributed by atoms with van der Waals surface area (Å²) in [6, 6.07) is 0.370. The van der Waals surface area contributed by atoms with Crippen molar-refractivity contribution in [2.75, 3.05) is 26.7 Å². The van der Waals surface area contributed by atoms with Crippen molar-refractivity contribution in [1.29, 1.82) is 0 Å². The lowest BCUT2D eigenvalue weighted by atomic mass is 9.92. The molecule has 18 heavy (non-hydrogen) atoms. The molecule has 1 heterocycles. The van der Waals surface area contributed by atoms with Gasteiger partial charge in [0.1, 0.15) is 6.54 Å². The van der Waals surface area contributed by atoms with Gasteiger partial charge in [-0.05, 0) is 32.7 Å². The van der Waals surface area contributed by atoms with Crippen LogP contribution in [0.4, 0.5) is 0 Å². The van der Waals surface area contributed by atoms with Crippen molar-refractivity contribution in [2.45, 2.75) is 39.2 Å². The zero-order chi connectivity index (χ0) is 13.5. The van der Waals surface area contributed by atoms with E-state index >= 15 is 0 Å². The monoisotopic (exact) mass is 256 g/mol. The number of hydrogen-bond acceptors (Lipinski definition) is 4. The van der Waals surface area contributed by atoms with Gasteiger partial charge in [-0.2, -0.15) is 0 Å². The normalized spacial score (nSPS) is 23.5. The molecule has 5 heteroatoms. The minimum absolute atomic E-state index is 0.0393. The van der Waals surface area contributed by atoms with Crippen molar-refractivity contribution < 1.29 is 14.3 Å². The second kappa shape index (κ2) is 7.36. The first-order valence-electron chi connectivity index (χ1n) is 6.67. The Morgan fingerprint density at radius 3 is 2.72 bits per heavy atom. The third kappa shape index (κ3) is 4.29. The predicted molar refractivity (Wildman–Crippen MR) is 69.1 cm³/mol. The number of piperidine rings is 1. The van der Waals surface area contributed by atoms with Gasteiger partial charge in [-0.25, -0.2) is 0 Å². The van der Waals surface area contributed by atoms with Gasteiger partial charge in [0.2, 0.25) is 5.91 Å². The molecule has 1 N–H and O–H groups in total. The largest absolute Gasteiger partial charge is 0.468 e. The Labute approximate surface area is 109 Å². The quantitative estimate of drug-likeness (QED) is 0.739. The number of ether oxygens (including phenoxy) is 1. The first-order valence-corrected chi connectivity index (χ1v) is 6.67. The number of nitrogens with zero attached hydrogens (tertiary/aromatic N) is 1. The molecule has 5 nitrogen and oxygen atoms in total. The summed E-state index contributed by atoms with van der Waals surface area (Å²) in [4.78, 5) is 25.3. The van der Waals surface area contributed by atoms with Gasteiger partial charge in [-0.15, -0.1) is 0 Å². The van der Waals surface area contributed by atoms with Crippen LogP contribution in [0.15, 0.2) is 0 Å². The van der Waals surface area contributed by atoms with Crippen LogP contribution in [0.25, 0.3) is 0 Å². The summed E-state index contributed by atoms with van der Waals surface area (Å²) in [5.74, 6) is -0.216. The first-order chi connectivity index (χ1) is 8.58. The second-order valence-electron chi connectivity index (χ2n) is 4.91. The summed E-state index contributed by atoms with van der Waals surface area (Å²) < 4.78 is 4.64. The lowest BCUT2D eigenvalue weighted by Gasteiger charge is -2.31. The highest BCUT2D eigenvalue weighted by atomic mass is 16.5. The molecular formula is C13H24N2O3. The smallest absolute Gasteiger partial charge is 0.325 e. The molecule has 0 aliphatic carbocycles. The van der Waals surface area contributed by atoms with Crippen molar-refractivity contribution in [2.24, 2.45) is 5.92 Å². The van der Waals surface area contributed by atoms with E-state index in [1.807, 2.05) is 6.92 Å². The van der Waals surface area contributed by atoms with Crippen molar-refractivity contribution in [3.05, 3.63) is 0 Å². The highest BCUT2D eigenvalue weighted by Crippen LogP contribution is 2.19. The van der Waals surface area contributed by atoms with Gasteiger partial charge in [0.05, 0.1) is 7.11 Å². The maximum atomic E-state index is 12.4. The number of amides is 1. The lowest BCUT2D eigenvalue weighted by molar-refractivity contribution is -0.149. The number of nitrogens with one attached hydrogen (secondary N) is 1. The minimum atomic E-state index is -0.348. The average Bonchev–Trinajstić information content (AvgIpc) is 2.37. The molecule has 0 aromatic rings. The second-order valence-corrected chi connectivity index (χ2v) is 4.91. The van der Waals surface area contributed by atoms with E-state index in [2.05, 4.69) is 17.0 Å². The number of hydrogen-bond donors (Lipinski definition) is 1. The Hall–Kier alpha value is -1.10. The van der Waals surface area contributed by atoms with Crippen LogP contribution < -0.4 is 5.32 Å². The first kappa shape index (κ1) is 15.0. The molecule has 0 spiro atoms. The molecule has 0 saturated carbocycles. The lowest BCUT2D eigenvalue weighted by Crippen LogP contribution is -2.46. The van der Waals surface area contributed by atoms with Crippen molar-refractivity contribution in [3.63, 3.8) is 0 Å².